The first-order chi connectivity index (χ1) is 36.2. The number of aliphatic hydroxyl groups excluding tert-OH is 2. The van der Waals surface area contributed by atoms with Gasteiger partial charge in [0, 0.05) is 44.1 Å². The van der Waals surface area contributed by atoms with Crippen molar-refractivity contribution in [1.29, 1.82) is 10.5 Å². The molecule has 0 heterocycles. The van der Waals surface area contributed by atoms with Crippen molar-refractivity contribution in [3.05, 3.63) is 144 Å². The number of hydrogen-bond donors (Lipinski definition) is 5. The molecule has 3 amide bonds. The van der Waals surface area contributed by atoms with Crippen molar-refractivity contribution in [2.45, 2.75) is 156 Å². The van der Waals surface area contributed by atoms with Crippen molar-refractivity contribution in [3.63, 3.8) is 0 Å². The molecule has 0 spiro atoms. The molecule has 0 bridgehead atoms. The van der Waals surface area contributed by atoms with E-state index in [0.29, 0.717) is 45.2 Å². The number of nitrogens with zero attached hydrogens (tertiary/aromatic N) is 3. The Labute approximate surface area is 462 Å². The molecule has 16 nitrogen and oxygen atoms in total. The predicted molar refractivity (Wildman–Crippen MR) is 299 cm³/mol. The van der Waals surface area contributed by atoms with Gasteiger partial charge in [0.2, 0.25) is 0 Å². The standard InChI is InChI=1S/C30H41N3O5.C22H35N3O3.C8H7ClO2/c1-29(2,3)38-27(35)32-25(19-23-13-8-6-9-14-23)26(34)20-33(22-30(4,5)17-12-18-31)28(36)37-21-24-15-10-7-11-16-24;1-21(2,3)28-20(27)25-18(14-17-10-7-6-8-11-17)19(26)15-24-16-22(4,5)12-9-13-23;9-8(10)11-6-7-4-2-1-3-5-7/h6-11,13-16,25-26,34H,12,17,19-22H2,1-5H3,(H,32,35);6-8,10-11,18-19,24,26H,9,12,14-16H2,1-5H3,(H,25,27);1-5H,6H2/t25-,26?;18-,19?;/m00./s1. The molecule has 4 aromatic carbocycles. The zero-order valence-electron chi connectivity index (χ0n) is 46.7. The fourth-order valence-corrected chi connectivity index (χ4v) is 7.53. The highest BCUT2D eigenvalue weighted by Gasteiger charge is 2.32. The first-order valence-corrected chi connectivity index (χ1v) is 26.3. The van der Waals surface area contributed by atoms with Crippen molar-refractivity contribution in [2.24, 2.45) is 10.8 Å². The summed E-state index contributed by atoms with van der Waals surface area (Å²) < 4.78 is 20.9. The van der Waals surface area contributed by atoms with E-state index >= 15 is 0 Å². The summed E-state index contributed by atoms with van der Waals surface area (Å²) in [5.41, 5.74) is 1.21. The van der Waals surface area contributed by atoms with Crippen LogP contribution in [0.3, 0.4) is 0 Å². The summed E-state index contributed by atoms with van der Waals surface area (Å²) in [5.74, 6) is 0. The van der Waals surface area contributed by atoms with Gasteiger partial charge >= 0.3 is 23.7 Å². The lowest BCUT2D eigenvalue weighted by atomic mass is 9.87. The molecule has 0 aliphatic carbocycles. The minimum Gasteiger partial charge on any atom is -0.449 e. The van der Waals surface area contributed by atoms with Crippen molar-refractivity contribution in [2.75, 3.05) is 26.2 Å². The number of ether oxygens (including phenoxy) is 4. The van der Waals surface area contributed by atoms with Crippen molar-refractivity contribution in [3.8, 4) is 12.1 Å². The van der Waals surface area contributed by atoms with Gasteiger partial charge in [0.15, 0.2) is 0 Å². The lowest BCUT2D eigenvalue weighted by Crippen LogP contribution is -2.52. The summed E-state index contributed by atoms with van der Waals surface area (Å²) in [6.07, 6.45) is -0.596. The Bertz CT molecular complexity index is 2400. The maximum absolute atomic E-state index is 13.2. The molecule has 0 fully saturated rings. The molecule has 420 valence electrons. The largest absolute Gasteiger partial charge is 0.449 e. The zero-order valence-corrected chi connectivity index (χ0v) is 47.5. The van der Waals surface area contributed by atoms with E-state index < -0.39 is 64.6 Å². The maximum atomic E-state index is 13.2. The van der Waals surface area contributed by atoms with Gasteiger partial charge in [-0.05, 0) is 100 Å². The van der Waals surface area contributed by atoms with Gasteiger partial charge < -0.3 is 50.0 Å². The van der Waals surface area contributed by atoms with Gasteiger partial charge in [0.05, 0.1) is 43.0 Å². The second-order valence-corrected chi connectivity index (χ2v) is 22.5. The number of rotatable bonds is 24. The van der Waals surface area contributed by atoms with Crippen LogP contribution in [0.15, 0.2) is 121 Å². The average molecular weight is 1080 g/mol. The molecular weight excluding hydrogens is 1000 g/mol. The lowest BCUT2D eigenvalue weighted by Gasteiger charge is -2.35. The smallest absolute Gasteiger partial charge is 0.410 e. The first-order valence-electron chi connectivity index (χ1n) is 25.9. The predicted octanol–water partition coefficient (Wildman–Crippen LogP) is 11.4. The summed E-state index contributed by atoms with van der Waals surface area (Å²) in [5, 5.41) is 48.7. The summed E-state index contributed by atoms with van der Waals surface area (Å²) >= 11 is 4.97. The third-order valence-electron chi connectivity index (χ3n) is 11.4. The number of nitriles is 2. The normalized spacial score (nSPS) is 12.9. The van der Waals surface area contributed by atoms with Crippen LogP contribution < -0.4 is 16.0 Å². The van der Waals surface area contributed by atoms with Crippen LogP contribution in [-0.4, -0.2) is 100 Å². The number of halogens is 1. The number of alkyl carbamates (subject to hydrolysis) is 2. The van der Waals surface area contributed by atoms with Crippen molar-refractivity contribution >= 4 is 35.3 Å². The number of nitrogens with one attached hydrogen (secondary N) is 3. The number of aliphatic hydroxyl groups is 2. The Kier molecular flexibility index (Phi) is 29.5. The molecule has 0 aromatic heterocycles. The van der Waals surface area contributed by atoms with Gasteiger partial charge in [-0.25, -0.2) is 19.2 Å². The van der Waals surface area contributed by atoms with E-state index in [0.717, 1.165) is 28.7 Å². The highest BCUT2D eigenvalue weighted by Crippen LogP contribution is 2.25. The number of amides is 3. The third kappa shape index (κ3) is 31.8. The van der Waals surface area contributed by atoms with E-state index in [9.17, 15) is 29.4 Å². The highest BCUT2D eigenvalue weighted by molar-refractivity contribution is 6.61. The van der Waals surface area contributed by atoms with Gasteiger partial charge in [-0.2, -0.15) is 10.5 Å². The van der Waals surface area contributed by atoms with Crippen LogP contribution in [0.25, 0.3) is 0 Å². The molecule has 0 radical (unpaired) electrons. The van der Waals surface area contributed by atoms with Crippen LogP contribution in [0.1, 0.15) is 117 Å². The molecule has 2 unspecified atom stereocenters. The Hall–Kier alpha value is -6.69. The van der Waals surface area contributed by atoms with E-state index in [1.807, 2.05) is 135 Å². The Morgan fingerprint density at radius 2 is 0.948 bits per heavy atom. The number of carbonyl (C=O) groups excluding carboxylic acids is 4. The van der Waals surface area contributed by atoms with Gasteiger partial charge in [-0.15, -0.1) is 0 Å². The first kappa shape index (κ1) is 66.4. The fraction of sp³-hybridized carbons (Fsp3) is 0.500. The van der Waals surface area contributed by atoms with E-state index in [1.54, 1.807) is 41.5 Å². The SMILES string of the molecule is CC(C)(CCC#N)CN(CC(O)[C@H](Cc1ccccc1)NC(=O)OC(C)(C)C)C(=O)OCc1ccccc1.CC(C)(CCC#N)CNCC(O)[C@H](Cc1ccccc1)NC(=O)OC(C)(C)C.O=C(Cl)OCc1ccccc1. The zero-order chi connectivity index (χ0) is 57.5. The lowest BCUT2D eigenvalue weighted by molar-refractivity contribution is 0.0278. The van der Waals surface area contributed by atoms with E-state index in [1.165, 1.54) is 4.90 Å². The summed E-state index contributed by atoms with van der Waals surface area (Å²) in [7, 11) is 0. The van der Waals surface area contributed by atoms with Gasteiger partial charge in [-0.1, -0.05) is 149 Å². The maximum Gasteiger partial charge on any atom is 0.410 e. The molecule has 0 aliphatic heterocycles. The Balaban J connectivity index is 0.000000452. The molecule has 0 saturated carbocycles. The van der Waals surface area contributed by atoms with Crippen LogP contribution in [0.4, 0.5) is 19.2 Å². The average Bonchev–Trinajstić information content (AvgIpc) is 3.36. The molecule has 17 heteroatoms. The number of benzene rings is 4. The molecule has 4 atom stereocenters. The van der Waals surface area contributed by atoms with Crippen LogP contribution >= 0.6 is 11.6 Å². The van der Waals surface area contributed by atoms with Crippen molar-refractivity contribution < 1.29 is 48.3 Å². The van der Waals surface area contributed by atoms with E-state index in [4.69, 9.17) is 36.3 Å². The molecule has 5 N–H and O–H groups in total. The monoisotopic (exact) mass is 1080 g/mol. The number of hydrogen-bond acceptors (Lipinski definition) is 13. The van der Waals surface area contributed by atoms with Gasteiger partial charge in [0.1, 0.15) is 24.4 Å². The van der Waals surface area contributed by atoms with E-state index in [-0.39, 0.29) is 31.7 Å². The topological polar surface area (TPSA) is 233 Å². The minimum atomic E-state index is -1.11. The second-order valence-electron chi connectivity index (χ2n) is 22.2. The van der Waals surface area contributed by atoms with Gasteiger partial charge in [0.25, 0.3) is 0 Å². The summed E-state index contributed by atoms with van der Waals surface area (Å²) in [6, 6.07) is 41.0. The van der Waals surface area contributed by atoms with Crippen LogP contribution in [-0.2, 0) is 45.0 Å². The summed E-state index contributed by atoms with van der Waals surface area (Å²) in [6.45, 7) is 20.4. The molecule has 4 rings (SSSR count). The Morgan fingerprint density at radius 3 is 1.34 bits per heavy atom. The quantitative estimate of drug-likeness (QED) is 0.0325. The van der Waals surface area contributed by atoms with E-state index in [2.05, 4.69) is 46.7 Å². The van der Waals surface area contributed by atoms with Gasteiger partial charge in [-0.3, -0.25) is 0 Å². The van der Waals surface area contributed by atoms with Crippen molar-refractivity contribution in [1.82, 2.24) is 20.9 Å². The van der Waals surface area contributed by atoms with Crippen LogP contribution in [0.5, 0.6) is 0 Å². The molecule has 4 aromatic rings. The fourth-order valence-electron chi connectivity index (χ4n) is 7.48. The van der Waals surface area contributed by atoms with Crippen LogP contribution in [0, 0.1) is 33.5 Å². The second kappa shape index (κ2) is 34.2. The highest BCUT2D eigenvalue weighted by atomic mass is 35.5. The third-order valence-corrected chi connectivity index (χ3v) is 11.5. The minimum absolute atomic E-state index is 0.0387. The van der Waals surface area contributed by atoms with Crippen LogP contribution in [0.2, 0.25) is 0 Å². The molecular formula is C60H83ClN6O10. The molecule has 0 aliphatic rings. The summed E-state index contributed by atoms with van der Waals surface area (Å²) in [4.78, 5) is 49.7. The molecule has 77 heavy (non-hydrogen) atoms. The number of carbonyl (C=O) groups is 4. The molecule has 0 saturated heterocycles. The Morgan fingerprint density at radius 1 is 0.571 bits per heavy atom.